The summed E-state index contributed by atoms with van der Waals surface area (Å²) >= 11 is 0. The summed E-state index contributed by atoms with van der Waals surface area (Å²) in [6, 6.07) is 0. The molecule has 24 heavy (non-hydrogen) atoms. The summed E-state index contributed by atoms with van der Waals surface area (Å²) in [6.45, 7) is 5.85. The first-order chi connectivity index (χ1) is 11.4. The van der Waals surface area contributed by atoms with Gasteiger partial charge in [0.15, 0.2) is 0 Å². The molecule has 1 unspecified atom stereocenters. The maximum Gasteiger partial charge on any atom is 0.112 e. The maximum absolute atomic E-state index is 9.08. The summed E-state index contributed by atoms with van der Waals surface area (Å²) in [4.78, 5) is 1.60. The molecule has 0 fully saturated rings. The highest BCUT2D eigenvalue weighted by molar-refractivity contribution is 7.84. The molecule has 4 nitrogen and oxygen atoms in total. The summed E-state index contributed by atoms with van der Waals surface area (Å²) in [7, 11) is -3.92. The lowest BCUT2D eigenvalue weighted by Gasteiger charge is -2.12. The Morgan fingerprint density at radius 3 is 1.83 bits per heavy atom. The predicted molar refractivity (Wildman–Crippen MR) is 101 cm³/mol. The molecule has 0 bridgehead atoms. The van der Waals surface area contributed by atoms with Crippen LogP contribution in [0, 0.1) is 0 Å². The van der Waals surface area contributed by atoms with Gasteiger partial charge < -0.3 is 4.55 Å². The lowest BCUT2D eigenvalue weighted by Crippen LogP contribution is -3.04. The number of unbranched alkanes of at least 4 members (excludes halogenated alkanes) is 9. The lowest BCUT2D eigenvalue weighted by atomic mass is 10.1. The van der Waals surface area contributed by atoms with Gasteiger partial charge in [0.2, 0.25) is 0 Å². The molecule has 0 radical (unpaired) electrons. The van der Waals surface area contributed by atoms with Crippen molar-refractivity contribution in [1.29, 1.82) is 0 Å². The minimum Gasteiger partial charge on any atom is -0.748 e. The zero-order valence-electron chi connectivity index (χ0n) is 15.9. The molecule has 0 saturated carbocycles. The first-order valence-electron chi connectivity index (χ1n) is 9.52. The van der Waals surface area contributed by atoms with Gasteiger partial charge in [0, 0.05) is 18.8 Å². The van der Waals surface area contributed by atoms with Crippen LogP contribution in [0.25, 0.3) is 0 Å². The van der Waals surface area contributed by atoms with Crippen molar-refractivity contribution in [3.8, 4) is 0 Å². The molecule has 0 aromatic carbocycles. The van der Waals surface area contributed by atoms with Crippen LogP contribution < -0.4 is 4.90 Å². The second-order valence-electron chi connectivity index (χ2n) is 6.57. The second-order valence-corrected chi connectivity index (χ2v) is 7.97. The van der Waals surface area contributed by atoms with E-state index in [9.17, 15) is 0 Å². The first kappa shape index (κ1) is 23.4. The van der Waals surface area contributed by atoms with Crippen molar-refractivity contribution in [2.24, 2.45) is 0 Å². The SMILES string of the molecule is CCCCCCCCCCCC[NH+]1C=CC=C1CC.CS(=O)(=O)[O-]. The summed E-state index contributed by atoms with van der Waals surface area (Å²) in [5.41, 5.74) is 1.57. The van der Waals surface area contributed by atoms with Crippen LogP contribution in [0.5, 0.6) is 0 Å². The smallest absolute Gasteiger partial charge is 0.112 e. The average molecular weight is 360 g/mol. The fourth-order valence-electron chi connectivity index (χ4n) is 2.89. The fourth-order valence-corrected chi connectivity index (χ4v) is 2.89. The quantitative estimate of drug-likeness (QED) is 0.426. The molecular weight excluding hydrogens is 322 g/mol. The van der Waals surface area contributed by atoms with Gasteiger partial charge >= 0.3 is 0 Å². The number of hydrogen-bond acceptors (Lipinski definition) is 3. The van der Waals surface area contributed by atoms with E-state index < -0.39 is 10.1 Å². The predicted octanol–water partition coefficient (Wildman–Crippen LogP) is 3.77. The molecule has 0 saturated heterocycles. The zero-order valence-corrected chi connectivity index (χ0v) is 16.7. The summed E-state index contributed by atoms with van der Waals surface area (Å²) in [5, 5.41) is 0. The van der Waals surface area contributed by atoms with Gasteiger partial charge in [-0.2, -0.15) is 0 Å². The zero-order chi connectivity index (χ0) is 18.3. The topological polar surface area (TPSA) is 61.6 Å². The molecule has 0 amide bonds. The third-order valence-corrected chi connectivity index (χ3v) is 4.19. The van der Waals surface area contributed by atoms with Gasteiger partial charge in [-0.15, -0.1) is 0 Å². The highest BCUT2D eigenvalue weighted by atomic mass is 32.2. The first-order valence-corrected chi connectivity index (χ1v) is 11.3. The number of nitrogens with one attached hydrogen (secondary N) is 1. The normalized spacial score (nSPS) is 16.7. The van der Waals surface area contributed by atoms with E-state index in [1.165, 1.54) is 77.2 Å². The number of rotatable bonds is 12. The molecule has 1 aliphatic heterocycles. The van der Waals surface area contributed by atoms with Gasteiger partial charge in [-0.25, -0.2) is 8.42 Å². The second kappa shape index (κ2) is 14.7. The van der Waals surface area contributed by atoms with Crippen LogP contribution in [0.1, 0.15) is 84.5 Å². The van der Waals surface area contributed by atoms with Crippen LogP contribution in [-0.4, -0.2) is 25.8 Å². The highest BCUT2D eigenvalue weighted by Crippen LogP contribution is 2.10. The van der Waals surface area contributed by atoms with Crippen molar-refractivity contribution in [2.75, 3.05) is 12.8 Å². The molecule has 0 aliphatic carbocycles. The van der Waals surface area contributed by atoms with Gasteiger partial charge in [0.25, 0.3) is 0 Å². The average Bonchev–Trinajstić information content (AvgIpc) is 2.95. The van der Waals surface area contributed by atoms with Crippen LogP contribution in [-0.2, 0) is 10.1 Å². The molecule has 1 rings (SSSR count). The number of allylic oxidation sites excluding steroid dienone is 3. The Kier molecular flexibility index (Phi) is 14.3. The van der Waals surface area contributed by atoms with Gasteiger partial charge in [0.1, 0.15) is 5.70 Å². The molecular formula is C19H37NO3S. The molecule has 1 heterocycles. The summed E-state index contributed by atoms with van der Waals surface area (Å²) < 4.78 is 27.2. The van der Waals surface area contributed by atoms with E-state index in [-0.39, 0.29) is 0 Å². The van der Waals surface area contributed by atoms with Crippen LogP contribution in [0.15, 0.2) is 24.0 Å². The van der Waals surface area contributed by atoms with Gasteiger partial charge in [0.05, 0.1) is 22.9 Å². The Hall–Kier alpha value is -0.650. The molecule has 142 valence electrons. The molecule has 0 aromatic rings. The third-order valence-electron chi connectivity index (χ3n) is 4.19. The van der Waals surface area contributed by atoms with E-state index in [1.807, 2.05) is 0 Å². The largest absolute Gasteiger partial charge is 0.748 e. The van der Waals surface area contributed by atoms with Crippen molar-refractivity contribution < 1.29 is 17.9 Å². The number of quaternary nitrogens is 1. The lowest BCUT2D eigenvalue weighted by molar-refractivity contribution is -0.804. The van der Waals surface area contributed by atoms with E-state index >= 15 is 0 Å². The fraction of sp³-hybridized carbons (Fsp3) is 0.789. The Morgan fingerprint density at radius 2 is 1.38 bits per heavy atom. The van der Waals surface area contributed by atoms with E-state index in [0.29, 0.717) is 6.26 Å². The van der Waals surface area contributed by atoms with Crippen LogP contribution >= 0.6 is 0 Å². The Morgan fingerprint density at radius 1 is 0.917 bits per heavy atom. The minimum absolute atomic E-state index is 0.604. The van der Waals surface area contributed by atoms with Gasteiger partial charge in [-0.3, -0.25) is 4.90 Å². The molecule has 1 N–H and O–H groups in total. The number of hydrogen-bond donors (Lipinski definition) is 1. The summed E-state index contributed by atoms with van der Waals surface area (Å²) in [5.74, 6) is 0. The van der Waals surface area contributed by atoms with Crippen molar-refractivity contribution >= 4 is 10.1 Å². The van der Waals surface area contributed by atoms with E-state index in [0.717, 1.165) is 0 Å². The molecule has 0 aromatic heterocycles. The highest BCUT2D eigenvalue weighted by Gasteiger charge is 2.13. The van der Waals surface area contributed by atoms with Gasteiger partial charge in [-0.05, 0) is 18.9 Å². The summed E-state index contributed by atoms with van der Waals surface area (Å²) in [6.07, 6.45) is 22.9. The van der Waals surface area contributed by atoms with Crippen molar-refractivity contribution in [2.45, 2.75) is 84.5 Å². The van der Waals surface area contributed by atoms with Crippen LogP contribution in [0.4, 0.5) is 0 Å². The Bertz CT molecular complexity index is 447. The van der Waals surface area contributed by atoms with Crippen LogP contribution in [0.2, 0.25) is 0 Å². The Labute approximate surface area is 149 Å². The third kappa shape index (κ3) is 16.2. The molecule has 1 aliphatic rings. The van der Waals surface area contributed by atoms with Gasteiger partial charge in [-0.1, -0.05) is 65.2 Å². The van der Waals surface area contributed by atoms with E-state index in [2.05, 4.69) is 32.2 Å². The Balaban J connectivity index is 0.000000922. The van der Waals surface area contributed by atoms with Crippen molar-refractivity contribution in [3.05, 3.63) is 24.0 Å². The molecule has 1 atom stereocenters. The van der Waals surface area contributed by atoms with Crippen LogP contribution in [0.3, 0.4) is 0 Å². The van der Waals surface area contributed by atoms with E-state index in [4.69, 9.17) is 13.0 Å². The monoisotopic (exact) mass is 359 g/mol. The van der Waals surface area contributed by atoms with Crippen molar-refractivity contribution in [1.82, 2.24) is 0 Å². The standard InChI is InChI=1S/C18H33N.CH4O3S/c1-3-5-6-7-8-9-10-11-12-13-16-19-17-14-15-18(19)4-2;1-5(2,3)4/h14-15,17H,3-13,16H2,1-2H3;1H3,(H,2,3,4). The van der Waals surface area contributed by atoms with Crippen molar-refractivity contribution in [3.63, 3.8) is 0 Å². The molecule has 0 spiro atoms. The molecule has 5 heteroatoms. The maximum atomic E-state index is 9.08. The van der Waals surface area contributed by atoms with E-state index in [1.54, 1.807) is 10.6 Å². The minimum atomic E-state index is -3.92.